The summed E-state index contributed by atoms with van der Waals surface area (Å²) < 4.78 is 22.7. The number of hydrogen-bond acceptors (Lipinski definition) is 5. The number of fused-ring (bicyclic) bond motifs is 1. The van der Waals surface area contributed by atoms with Crippen LogP contribution in [0.3, 0.4) is 0 Å². The zero-order valence-corrected chi connectivity index (χ0v) is 17.1. The lowest BCUT2D eigenvalue weighted by Gasteiger charge is -2.14. The molecular weight excluding hydrogens is 380 g/mol. The van der Waals surface area contributed by atoms with Crippen molar-refractivity contribution in [1.29, 1.82) is 0 Å². The molecule has 2 aromatic carbocycles. The van der Waals surface area contributed by atoms with Crippen molar-refractivity contribution in [2.45, 2.75) is 20.5 Å². The van der Waals surface area contributed by atoms with Gasteiger partial charge in [0.25, 0.3) is 0 Å². The van der Waals surface area contributed by atoms with Gasteiger partial charge >= 0.3 is 5.97 Å². The minimum atomic E-state index is -0.427. The van der Waals surface area contributed by atoms with Gasteiger partial charge < -0.3 is 18.6 Å². The van der Waals surface area contributed by atoms with Gasteiger partial charge in [-0.2, -0.15) is 0 Å². The molecule has 0 saturated heterocycles. The van der Waals surface area contributed by atoms with Crippen LogP contribution in [0.2, 0.25) is 0 Å². The van der Waals surface area contributed by atoms with E-state index in [4.69, 9.17) is 18.6 Å². The molecule has 30 heavy (non-hydrogen) atoms. The van der Waals surface area contributed by atoms with Gasteiger partial charge in [-0.3, -0.25) is 0 Å². The van der Waals surface area contributed by atoms with Crippen molar-refractivity contribution in [1.82, 2.24) is 0 Å². The molecule has 3 rings (SSSR count). The van der Waals surface area contributed by atoms with Crippen LogP contribution in [0.5, 0.6) is 11.5 Å². The van der Waals surface area contributed by atoms with Crippen molar-refractivity contribution < 1.29 is 23.4 Å². The Hall–Kier alpha value is -3.73. The number of esters is 1. The second-order valence-corrected chi connectivity index (χ2v) is 6.59. The normalized spacial score (nSPS) is 11.3. The molecule has 1 heterocycles. The number of furan rings is 1. The SMILES string of the molecule is C=C(C)C=COc1c(OCc2ccccc2)c(/C=C/C(=O)OCC)cc2ccoc12. The van der Waals surface area contributed by atoms with E-state index in [9.17, 15) is 4.79 Å². The summed E-state index contributed by atoms with van der Waals surface area (Å²) in [5.41, 5.74) is 3.07. The van der Waals surface area contributed by atoms with E-state index in [1.165, 1.54) is 12.3 Å². The van der Waals surface area contributed by atoms with Crippen LogP contribution < -0.4 is 9.47 Å². The van der Waals surface area contributed by atoms with Crippen LogP contribution in [0.4, 0.5) is 0 Å². The van der Waals surface area contributed by atoms with Crippen LogP contribution in [0.1, 0.15) is 25.0 Å². The lowest BCUT2D eigenvalue weighted by molar-refractivity contribution is -0.137. The molecule has 0 bridgehead atoms. The first kappa shape index (κ1) is 21.0. The van der Waals surface area contributed by atoms with Crippen LogP contribution in [0.15, 0.2) is 83.7 Å². The zero-order valence-electron chi connectivity index (χ0n) is 17.1. The van der Waals surface area contributed by atoms with Gasteiger partial charge in [0.05, 0.1) is 19.1 Å². The summed E-state index contributed by atoms with van der Waals surface area (Å²) in [5, 5.41) is 0.823. The Kier molecular flexibility index (Phi) is 7.11. The van der Waals surface area contributed by atoms with E-state index in [-0.39, 0.29) is 0 Å². The van der Waals surface area contributed by atoms with E-state index in [0.717, 1.165) is 16.5 Å². The fourth-order valence-electron chi connectivity index (χ4n) is 2.76. The van der Waals surface area contributed by atoms with E-state index in [0.29, 0.717) is 35.9 Å². The number of hydrogen-bond donors (Lipinski definition) is 0. The molecule has 0 amide bonds. The second kappa shape index (κ2) is 10.2. The summed E-state index contributed by atoms with van der Waals surface area (Å²) in [6, 6.07) is 13.5. The standard InChI is InChI=1S/C25H24O5/c1-4-27-22(26)11-10-20-16-21-13-15-28-23(21)25(29-14-12-18(2)3)24(20)30-17-19-8-6-5-7-9-19/h5-16H,2,4,17H2,1,3H3/b11-10+,14-12?. The average Bonchev–Trinajstić information content (AvgIpc) is 3.20. The summed E-state index contributed by atoms with van der Waals surface area (Å²) in [5.74, 6) is 0.464. The van der Waals surface area contributed by atoms with Crippen molar-refractivity contribution in [3.8, 4) is 11.5 Å². The largest absolute Gasteiger partial charge is 0.484 e. The maximum absolute atomic E-state index is 11.8. The van der Waals surface area contributed by atoms with Crippen molar-refractivity contribution in [3.63, 3.8) is 0 Å². The Labute approximate surface area is 175 Å². The molecule has 0 fully saturated rings. The Bertz CT molecular complexity index is 1070. The Morgan fingerprint density at radius 1 is 1.13 bits per heavy atom. The number of carbonyl (C=O) groups excluding carboxylic acids is 1. The van der Waals surface area contributed by atoms with Crippen molar-refractivity contribution >= 4 is 23.0 Å². The molecule has 5 nitrogen and oxygen atoms in total. The highest BCUT2D eigenvalue weighted by Crippen LogP contribution is 2.41. The molecule has 0 spiro atoms. The number of carbonyl (C=O) groups is 1. The first-order valence-corrected chi connectivity index (χ1v) is 9.63. The zero-order chi connectivity index (χ0) is 21.3. The lowest BCUT2D eigenvalue weighted by atomic mass is 10.1. The fraction of sp³-hybridized carbons (Fsp3) is 0.160. The summed E-state index contributed by atoms with van der Waals surface area (Å²) in [6.45, 7) is 8.10. The highest BCUT2D eigenvalue weighted by atomic mass is 16.5. The van der Waals surface area contributed by atoms with E-state index in [2.05, 4.69) is 6.58 Å². The third kappa shape index (κ3) is 5.41. The van der Waals surface area contributed by atoms with Gasteiger partial charge in [0.15, 0.2) is 11.3 Å². The smallest absolute Gasteiger partial charge is 0.330 e. The lowest BCUT2D eigenvalue weighted by Crippen LogP contribution is -2.01. The number of benzene rings is 2. The highest BCUT2D eigenvalue weighted by molar-refractivity contribution is 5.93. The van der Waals surface area contributed by atoms with Crippen molar-refractivity contribution in [2.24, 2.45) is 0 Å². The minimum absolute atomic E-state index is 0.307. The van der Waals surface area contributed by atoms with E-state index < -0.39 is 5.97 Å². The molecule has 0 radical (unpaired) electrons. The topological polar surface area (TPSA) is 57.9 Å². The summed E-state index contributed by atoms with van der Waals surface area (Å²) in [4.78, 5) is 11.8. The first-order chi connectivity index (χ1) is 14.6. The molecule has 154 valence electrons. The Balaban J connectivity index is 2.04. The third-order valence-electron chi connectivity index (χ3n) is 4.13. The van der Waals surface area contributed by atoms with Crippen LogP contribution >= 0.6 is 0 Å². The molecular formula is C25H24O5. The van der Waals surface area contributed by atoms with Gasteiger partial charge in [-0.15, -0.1) is 0 Å². The van der Waals surface area contributed by atoms with Crippen LogP contribution in [-0.4, -0.2) is 12.6 Å². The van der Waals surface area contributed by atoms with E-state index in [1.807, 2.05) is 49.4 Å². The maximum Gasteiger partial charge on any atom is 0.330 e. The summed E-state index contributed by atoms with van der Waals surface area (Å²) in [6.07, 6.45) is 7.89. The molecule has 0 N–H and O–H groups in total. The molecule has 0 aliphatic heterocycles. The average molecular weight is 404 g/mol. The molecule has 3 aromatic rings. The predicted molar refractivity (Wildman–Crippen MR) is 117 cm³/mol. The van der Waals surface area contributed by atoms with Crippen molar-refractivity contribution in [3.05, 3.63) is 90.4 Å². The van der Waals surface area contributed by atoms with Gasteiger partial charge in [-0.1, -0.05) is 42.5 Å². The summed E-state index contributed by atoms with van der Waals surface area (Å²) in [7, 11) is 0. The minimum Gasteiger partial charge on any atom is -0.484 e. The second-order valence-electron chi connectivity index (χ2n) is 6.59. The molecule has 0 aliphatic carbocycles. The first-order valence-electron chi connectivity index (χ1n) is 9.63. The molecule has 0 saturated carbocycles. The highest BCUT2D eigenvalue weighted by Gasteiger charge is 2.18. The van der Waals surface area contributed by atoms with Gasteiger partial charge in [-0.05, 0) is 43.7 Å². The summed E-state index contributed by atoms with van der Waals surface area (Å²) >= 11 is 0. The van der Waals surface area contributed by atoms with E-state index >= 15 is 0 Å². The number of rotatable bonds is 9. The molecule has 0 unspecified atom stereocenters. The Morgan fingerprint density at radius 2 is 1.93 bits per heavy atom. The van der Waals surface area contributed by atoms with Crippen LogP contribution in [-0.2, 0) is 16.1 Å². The molecule has 0 aliphatic rings. The number of allylic oxidation sites excluding steroid dienone is 2. The van der Waals surface area contributed by atoms with Gasteiger partial charge in [0, 0.05) is 17.0 Å². The van der Waals surface area contributed by atoms with Gasteiger partial charge in [0.2, 0.25) is 5.75 Å². The molecule has 0 atom stereocenters. The van der Waals surface area contributed by atoms with E-state index in [1.54, 1.807) is 25.3 Å². The number of ether oxygens (including phenoxy) is 3. The van der Waals surface area contributed by atoms with Gasteiger partial charge in [-0.25, -0.2) is 4.79 Å². The quantitative estimate of drug-likeness (QED) is 0.188. The predicted octanol–water partition coefficient (Wildman–Crippen LogP) is 6.06. The van der Waals surface area contributed by atoms with Crippen LogP contribution in [0.25, 0.3) is 17.0 Å². The monoisotopic (exact) mass is 404 g/mol. The maximum atomic E-state index is 11.8. The third-order valence-corrected chi connectivity index (χ3v) is 4.13. The molecule has 1 aromatic heterocycles. The fourth-order valence-corrected chi connectivity index (χ4v) is 2.76. The van der Waals surface area contributed by atoms with Crippen molar-refractivity contribution in [2.75, 3.05) is 6.61 Å². The van der Waals surface area contributed by atoms with Gasteiger partial charge in [0.1, 0.15) is 6.61 Å². The molecule has 5 heteroatoms. The Morgan fingerprint density at radius 3 is 2.67 bits per heavy atom. The van der Waals surface area contributed by atoms with Crippen LogP contribution in [0, 0.1) is 0 Å².